The van der Waals surface area contributed by atoms with E-state index in [0.717, 1.165) is 5.56 Å². The van der Waals surface area contributed by atoms with Crippen LogP contribution in [-0.2, 0) is 16.6 Å². The Balaban J connectivity index is 1.82. The SMILES string of the molecule is COc1cccc(CN(c2ccc(F)cc2)S(=O)(=O)c2ccc3nnc(C)n3c2)c1. The molecule has 0 radical (unpaired) electrons. The highest BCUT2D eigenvalue weighted by Gasteiger charge is 2.26. The Morgan fingerprint density at radius 1 is 1.07 bits per heavy atom. The molecule has 154 valence electrons. The number of aryl methyl sites for hydroxylation is 1. The fraction of sp³-hybridized carbons (Fsp3) is 0.143. The molecule has 2 aromatic carbocycles. The van der Waals surface area contributed by atoms with E-state index in [2.05, 4.69) is 10.2 Å². The number of pyridine rings is 1. The molecule has 0 fully saturated rings. The van der Waals surface area contributed by atoms with E-state index in [9.17, 15) is 12.8 Å². The smallest absolute Gasteiger partial charge is 0.266 e. The number of aromatic nitrogens is 3. The molecule has 30 heavy (non-hydrogen) atoms. The van der Waals surface area contributed by atoms with Crippen molar-refractivity contribution in [2.75, 3.05) is 11.4 Å². The molecule has 4 rings (SSSR count). The van der Waals surface area contributed by atoms with E-state index in [1.807, 2.05) is 6.07 Å². The number of hydrogen-bond donors (Lipinski definition) is 0. The molecule has 0 N–H and O–H groups in total. The van der Waals surface area contributed by atoms with Crippen LogP contribution in [0.4, 0.5) is 10.1 Å². The number of rotatable bonds is 6. The second kappa shape index (κ2) is 7.75. The van der Waals surface area contributed by atoms with E-state index in [4.69, 9.17) is 4.74 Å². The fourth-order valence-corrected chi connectivity index (χ4v) is 4.58. The molecular weight excluding hydrogens is 407 g/mol. The lowest BCUT2D eigenvalue weighted by Gasteiger charge is -2.25. The van der Waals surface area contributed by atoms with Gasteiger partial charge >= 0.3 is 0 Å². The number of halogens is 1. The van der Waals surface area contributed by atoms with Crippen molar-refractivity contribution in [3.63, 3.8) is 0 Å². The molecule has 0 bridgehead atoms. The highest BCUT2D eigenvalue weighted by Crippen LogP contribution is 2.27. The van der Waals surface area contributed by atoms with Gasteiger partial charge in [-0.25, -0.2) is 12.8 Å². The topological polar surface area (TPSA) is 76.8 Å². The van der Waals surface area contributed by atoms with Gasteiger partial charge in [0.2, 0.25) is 0 Å². The summed E-state index contributed by atoms with van der Waals surface area (Å²) in [5, 5.41) is 7.96. The average Bonchev–Trinajstić information content (AvgIpc) is 3.13. The molecule has 4 aromatic rings. The molecule has 2 aromatic heterocycles. The van der Waals surface area contributed by atoms with Gasteiger partial charge in [-0.05, 0) is 61.0 Å². The molecule has 9 heteroatoms. The molecule has 0 aliphatic rings. The maximum Gasteiger partial charge on any atom is 0.266 e. The number of benzene rings is 2. The number of methoxy groups -OCH3 is 1. The van der Waals surface area contributed by atoms with E-state index >= 15 is 0 Å². The van der Waals surface area contributed by atoms with Crippen LogP contribution in [0.25, 0.3) is 5.65 Å². The molecule has 0 aliphatic heterocycles. The zero-order chi connectivity index (χ0) is 21.3. The van der Waals surface area contributed by atoms with Crippen molar-refractivity contribution in [3.05, 3.63) is 84.1 Å². The van der Waals surface area contributed by atoms with Crippen molar-refractivity contribution in [1.82, 2.24) is 14.6 Å². The Morgan fingerprint density at radius 3 is 2.57 bits per heavy atom. The Morgan fingerprint density at radius 2 is 1.83 bits per heavy atom. The third-order valence-electron chi connectivity index (χ3n) is 4.71. The van der Waals surface area contributed by atoms with Crippen LogP contribution in [0.5, 0.6) is 5.75 Å². The van der Waals surface area contributed by atoms with Crippen LogP contribution >= 0.6 is 0 Å². The van der Waals surface area contributed by atoms with Crippen molar-refractivity contribution in [2.24, 2.45) is 0 Å². The van der Waals surface area contributed by atoms with Gasteiger partial charge in [-0.2, -0.15) is 0 Å². The van der Waals surface area contributed by atoms with Crippen molar-refractivity contribution in [2.45, 2.75) is 18.4 Å². The Kier molecular flexibility index (Phi) is 5.13. The highest BCUT2D eigenvalue weighted by molar-refractivity contribution is 7.92. The molecule has 0 aliphatic carbocycles. The van der Waals surface area contributed by atoms with Crippen LogP contribution < -0.4 is 9.04 Å². The zero-order valence-corrected chi connectivity index (χ0v) is 17.2. The second-order valence-electron chi connectivity index (χ2n) is 6.68. The van der Waals surface area contributed by atoms with E-state index in [1.54, 1.807) is 42.7 Å². The monoisotopic (exact) mass is 426 g/mol. The summed E-state index contributed by atoms with van der Waals surface area (Å²) >= 11 is 0. The van der Waals surface area contributed by atoms with Crippen LogP contribution in [0, 0.1) is 12.7 Å². The predicted octanol–water partition coefficient (Wildman–Crippen LogP) is 3.58. The van der Waals surface area contributed by atoms with E-state index < -0.39 is 15.8 Å². The standard InChI is InChI=1S/C21H19FN4O3S/c1-15-23-24-21-11-10-20(14-25(15)21)30(27,28)26(18-8-6-17(22)7-9-18)13-16-4-3-5-19(12-16)29-2/h3-12,14H,13H2,1-2H3. The fourth-order valence-electron chi connectivity index (χ4n) is 3.12. The van der Waals surface area contributed by atoms with Crippen molar-refractivity contribution < 1.29 is 17.5 Å². The average molecular weight is 426 g/mol. The lowest BCUT2D eigenvalue weighted by atomic mass is 10.2. The lowest BCUT2D eigenvalue weighted by molar-refractivity contribution is 0.414. The molecule has 2 heterocycles. The summed E-state index contributed by atoms with van der Waals surface area (Å²) < 4.78 is 48.8. The summed E-state index contributed by atoms with van der Waals surface area (Å²) in [4.78, 5) is 0.0742. The summed E-state index contributed by atoms with van der Waals surface area (Å²) in [5.74, 6) is 0.743. The summed E-state index contributed by atoms with van der Waals surface area (Å²) in [7, 11) is -2.43. The van der Waals surface area contributed by atoms with Crippen LogP contribution in [0.2, 0.25) is 0 Å². The maximum atomic E-state index is 13.6. The molecule has 0 atom stereocenters. The maximum absolute atomic E-state index is 13.6. The first-order valence-electron chi connectivity index (χ1n) is 9.11. The molecule has 0 saturated heterocycles. The van der Waals surface area contributed by atoms with Crippen LogP contribution in [-0.4, -0.2) is 30.1 Å². The lowest BCUT2D eigenvalue weighted by Crippen LogP contribution is -2.30. The first-order chi connectivity index (χ1) is 14.4. The minimum atomic E-state index is -3.98. The molecule has 7 nitrogen and oxygen atoms in total. The highest BCUT2D eigenvalue weighted by atomic mass is 32.2. The largest absolute Gasteiger partial charge is 0.497 e. The quantitative estimate of drug-likeness (QED) is 0.471. The predicted molar refractivity (Wildman–Crippen MR) is 110 cm³/mol. The third kappa shape index (κ3) is 3.71. The van der Waals surface area contributed by atoms with Gasteiger partial charge in [0.1, 0.15) is 22.3 Å². The van der Waals surface area contributed by atoms with Gasteiger partial charge in [0.25, 0.3) is 10.0 Å². The number of sulfonamides is 1. The molecule has 0 spiro atoms. The Hall–Kier alpha value is -3.46. The molecular formula is C21H19FN4O3S. The molecule has 0 unspecified atom stereocenters. The van der Waals surface area contributed by atoms with Crippen molar-refractivity contribution in [3.8, 4) is 5.75 Å². The Bertz CT molecular complexity index is 1300. The van der Waals surface area contributed by atoms with Gasteiger partial charge < -0.3 is 4.74 Å². The van der Waals surface area contributed by atoms with Gasteiger partial charge in [-0.15, -0.1) is 10.2 Å². The normalized spacial score (nSPS) is 11.6. The first kappa shape index (κ1) is 19.8. The number of ether oxygens (including phenoxy) is 1. The van der Waals surface area contributed by atoms with E-state index in [1.165, 1.54) is 40.8 Å². The minimum absolute atomic E-state index is 0.0460. The van der Waals surface area contributed by atoms with Crippen LogP contribution in [0.1, 0.15) is 11.4 Å². The van der Waals surface area contributed by atoms with E-state index in [0.29, 0.717) is 22.9 Å². The summed E-state index contributed by atoms with van der Waals surface area (Å²) in [5.41, 5.74) is 1.62. The molecule has 0 amide bonds. The molecule has 0 saturated carbocycles. The summed E-state index contributed by atoms with van der Waals surface area (Å²) in [6.07, 6.45) is 1.49. The van der Waals surface area contributed by atoms with Gasteiger partial charge in [0, 0.05) is 6.20 Å². The first-order valence-corrected chi connectivity index (χ1v) is 10.5. The van der Waals surface area contributed by atoms with Gasteiger partial charge in [0.15, 0.2) is 5.65 Å². The van der Waals surface area contributed by atoms with Crippen LogP contribution in [0.3, 0.4) is 0 Å². The van der Waals surface area contributed by atoms with Gasteiger partial charge in [-0.3, -0.25) is 8.71 Å². The number of fused-ring (bicyclic) bond motifs is 1. The summed E-state index contributed by atoms with van der Waals surface area (Å²) in [6, 6.07) is 15.6. The Labute approximate surface area is 173 Å². The minimum Gasteiger partial charge on any atom is -0.497 e. The summed E-state index contributed by atoms with van der Waals surface area (Å²) in [6.45, 7) is 1.79. The van der Waals surface area contributed by atoms with Crippen molar-refractivity contribution in [1.29, 1.82) is 0 Å². The number of hydrogen-bond acceptors (Lipinski definition) is 5. The van der Waals surface area contributed by atoms with Gasteiger partial charge in [-0.1, -0.05) is 12.1 Å². The second-order valence-corrected chi connectivity index (χ2v) is 8.54. The number of anilines is 1. The number of nitrogens with zero attached hydrogens (tertiary/aromatic N) is 4. The van der Waals surface area contributed by atoms with Gasteiger partial charge in [0.05, 0.1) is 19.3 Å². The van der Waals surface area contributed by atoms with Crippen molar-refractivity contribution >= 4 is 21.4 Å². The third-order valence-corrected chi connectivity index (χ3v) is 6.47. The zero-order valence-electron chi connectivity index (χ0n) is 16.4. The van der Waals surface area contributed by atoms with Crippen LogP contribution in [0.15, 0.2) is 71.8 Å². The van der Waals surface area contributed by atoms with E-state index in [-0.39, 0.29) is 11.4 Å².